The molecule has 2 rings (SSSR count). The van der Waals surface area contributed by atoms with E-state index in [1.807, 2.05) is 32.9 Å². The molecule has 0 aliphatic rings. The Morgan fingerprint density at radius 2 is 1.56 bits per heavy atom. The van der Waals surface area contributed by atoms with Crippen molar-refractivity contribution in [2.45, 2.75) is 32.4 Å². The van der Waals surface area contributed by atoms with E-state index in [4.69, 9.17) is 9.84 Å². The van der Waals surface area contributed by atoms with Gasteiger partial charge in [0.05, 0.1) is 5.56 Å². The standard InChI is InChI=1S/C19H19F3O3/c1-18(2,3)13-6-4-12(5-7-13)15-10-14(19(20,21)22)8-9-16(15)25-11-17(23)24/h4-10H,11H2,1-3H3,(H,23,24). The number of hydrogen-bond acceptors (Lipinski definition) is 2. The van der Waals surface area contributed by atoms with Crippen LogP contribution in [0.4, 0.5) is 13.2 Å². The van der Waals surface area contributed by atoms with Gasteiger partial charge in [-0.15, -0.1) is 0 Å². The molecule has 0 saturated heterocycles. The van der Waals surface area contributed by atoms with Gasteiger partial charge in [-0.25, -0.2) is 4.79 Å². The summed E-state index contributed by atoms with van der Waals surface area (Å²) in [6, 6.07) is 10.1. The van der Waals surface area contributed by atoms with Crippen LogP contribution in [-0.2, 0) is 16.4 Å². The summed E-state index contributed by atoms with van der Waals surface area (Å²) in [6.45, 7) is 5.48. The molecule has 25 heavy (non-hydrogen) atoms. The van der Waals surface area contributed by atoms with E-state index in [1.54, 1.807) is 12.1 Å². The lowest BCUT2D eigenvalue weighted by atomic mass is 9.86. The molecule has 0 aliphatic carbocycles. The van der Waals surface area contributed by atoms with Crippen LogP contribution in [0.2, 0.25) is 0 Å². The van der Waals surface area contributed by atoms with Gasteiger partial charge in [-0.2, -0.15) is 13.2 Å². The van der Waals surface area contributed by atoms with E-state index in [2.05, 4.69) is 0 Å². The molecule has 134 valence electrons. The minimum atomic E-state index is -4.49. The van der Waals surface area contributed by atoms with Gasteiger partial charge in [0, 0.05) is 5.56 Å². The Hall–Kier alpha value is -2.50. The number of carboxylic acid groups (broad SMARTS) is 1. The summed E-state index contributed by atoms with van der Waals surface area (Å²) in [5.74, 6) is -1.10. The Bertz CT molecular complexity index is 757. The summed E-state index contributed by atoms with van der Waals surface area (Å²) >= 11 is 0. The highest BCUT2D eigenvalue weighted by molar-refractivity contribution is 5.73. The molecule has 0 aliphatic heterocycles. The van der Waals surface area contributed by atoms with Crippen LogP contribution in [0, 0.1) is 0 Å². The van der Waals surface area contributed by atoms with E-state index in [9.17, 15) is 18.0 Å². The molecule has 2 aromatic carbocycles. The van der Waals surface area contributed by atoms with Crippen LogP contribution in [0.1, 0.15) is 31.9 Å². The summed E-state index contributed by atoms with van der Waals surface area (Å²) in [5.41, 5.74) is 0.868. The molecule has 0 heterocycles. The zero-order valence-electron chi connectivity index (χ0n) is 14.1. The molecule has 1 N–H and O–H groups in total. The molecule has 0 radical (unpaired) electrons. The van der Waals surface area contributed by atoms with Crippen molar-refractivity contribution < 1.29 is 27.8 Å². The number of carbonyl (C=O) groups is 1. The second-order valence-electron chi connectivity index (χ2n) is 6.72. The third-order valence-corrected chi connectivity index (χ3v) is 3.72. The minimum absolute atomic E-state index is 0.0883. The topological polar surface area (TPSA) is 46.5 Å². The molecule has 0 unspecified atom stereocenters. The van der Waals surface area contributed by atoms with Gasteiger partial charge >= 0.3 is 12.1 Å². The quantitative estimate of drug-likeness (QED) is 0.829. The Kier molecular flexibility index (Phi) is 5.11. The Balaban J connectivity index is 2.49. The number of hydrogen-bond donors (Lipinski definition) is 1. The van der Waals surface area contributed by atoms with Crippen LogP contribution < -0.4 is 4.74 Å². The molecule has 0 saturated carbocycles. The number of halogens is 3. The predicted molar refractivity (Wildman–Crippen MR) is 88.7 cm³/mol. The van der Waals surface area contributed by atoms with Crippen molar-refractivity contribution in [2.75, 3.05) is 6.61 Å². The highest BCUT2D eigenvalue weighted by atomic mass is 19.4. The Morgan fingerprint density at radius 3 is 2.04 bits per heavy atom. The number of alkyl halides is 3. The first-order valence-electron chi connectivity index (χ1n) is 7.65. The molecule has 0 aromatic heterocycles. The lowest BCUT2D eigenvalue weighted by Gasteiger charge is -2.20. The maximum absolute atomic E-state index is 13.0. The first-order chi connectivity index (χ1) is 11.5. The molecule has 6 heteroatoms. The molecule has 0 bridgehead atoms. The smallest absolute Gasteiger partial charge is 0.416 e. The average molecular weight is 352 g/mol. The first-order valence-corrected chi connectivity index (χ1v) is 7.65. The second-order valence-corrected chi connectivity index (χ2v) is 6.72. The highest BCUT2D eigenvalue weighted by Crippen LogP contribution is 2.38. The van der Waals surface area contributed by atoms with Crippen molar-refractivity contribution >= 4 is 5.97 Å². The highest BCUT2D eigenvalue weighted by Gasteiger charge is 2.31. The number of rotatable bonds is 4. The van der Waals surface area contributed by atoms with Crippen LogP contribution in [0.25, 0.3) is 11.1 Å². The van der Waals surface area contributed by atoms with Gasteiger partial charge in [-0.05, 0) is 34.7 Å². The molecular weight excluding hydrogens is 333 g/mol. The third-order valence-electron chi connectivity index (χ3n) is 3.72. The van der Waals surface area contributed by atoms with E-state index in [1.165, 1.54) is 0 Å². The SMILES string of the molecule is CC(C)(C)c1ccc(-c2cc(C(F)(F)F)ccc2OCC(=O)O)cc1. The molecule has 3 nitrogen and oxygen atoms in total. The van der Waals surface area contributed by atoms with Crippen LogP contribution >= 0.6 is 0 Å². The Labute approximate surface area is 144 Å². The fraction of sp³-hybridized carbons (Fsp3) is 0.316. The van der Waals surface area contributed by atoms with E-state index < -0.39 is 24.3 Å². The Morgan fingerprint density at radius 1 is 1.00 bits per heavy atom. The minimum Gasteiger partial charge on any atom is -0.481 e. The number of benzene rings is 2. The molecule has 0 amide bonds. The van der Waals surface area contributed by atoms with Crippen molar-refractivity contribution in [3.05, 3.63) is 53.6 Å². The van der Waals surface area contributed by atoms with Crippen molar-refractivity contribution in [3.8, 4) is 16.9 Å². The van der Waals surface area contributed by atoms with Crippen molar-refractivity contribution in [2.24, 2.45) is 0 Å². The van der Waals surface area contributed by atoms with Gasteiger partial charge < -0.3 is 9.84 Å². The predicted octanol–water partition coefficient (Wildman–Crippen LogP) is 5.13. The summed E-state index contributed by atoms with van der Waals surface area (Å²) in [4.78, 5) is 10.7. The van der Waals surface area contributed by atoms with Gasteiger partial charge in [0.2, 0.25) is 0 Å². The normalized spacial score (nSPS) is 12.1. The maximum atomic E-state index is 13.0. The van der Waals surface area contributed by atoms with Crippen LogP contribution in [0.15, 0.2) is 42.5 Å². The summed E-state index contributed by atoms with van der Waals surface area (Å²) in [5, 5.41) is 8.74. The molecule has 2 aromatic rings. The second kappa shape index (κ2) is 6.78. The van der Waals surface area contributed by atoms with Crippen LogP contribution in [0.3, 0.4) is 0 Å². The lowest BCUT2D eigenvalue weighted by molar-refractivity contribution is -0.140. The maximum Gasteiger partial charge on any atom is 0.416 e. The zero-order chi connectivity index (χ0) is 18.8. The van der Waals surface area contributed by atoms with Crippen LogP contribution in [0.5, 0.6) is 5.75 Å². The van der Waals surface area contributed by atoms with Gasteiger partial charge in [0.15, 0.2) is 6.61 Å². The average Bonchev–Trinajstić information content (AvgIpc) is 2.51. The largest absolute Gasteiger partial charge is 0.481 e. The third kappa shape index (κ3) is 4.75. The first kappa shape index (κ1) is 18.8. The fourth-order valence-corrected chi connectivity index (χ4v) is 2.35. The van der Waals surface area contributed by atoms with E-state index in [0.717, 1.165) is 23.8 Å². The molecule has 0 atom stereocenters. The number of aliphatic carboxylic acids is 1. The molecular formula is C19H19F3O3. The van der Waals surface area contributed by atoms with E-state index in [0.29, 0.717) is 5.56 Å². The summed E-state index contributed by atoms with van der Waals surface area (Å²) in [7, 11) is 0. The molecule has 0 fully saturated rings. The van der Waals surface area contributed by atoms with Crippen molar-refractivity contribution in [1.82, 2.24) is 0 Å². The van der Waals surface area contributed by atoms with Crippen LogP contribution in [-0.4, -0.2) is 17.7 Å². The summed E-state index contributed by atoms with van der Waals surface area (Å²) < 4.78 is 44.2. The number of carboxylic acids is 1. The monoisotopic (exact) mass is 352 g/mol. The number of ether oxygens (including phenoxy) is 1. The van der Waals surface area contributed by atoms with E-state index >= 15 is 0 Å². The van der Waals surface area contributed by atoms with Gasteiger partial charge in [0.1, 0.15) is 5.75 Å². The van der Waals surface area contributed by atoms with Gasteiger partial charge in [0.25, 0.3) is 0 Å². The van der Waals surface area contributed by atoms with Crippen molar-refractivity contribution in [1.29, 1.82) is 0 Å². The summed E-state index contributed by atoms with van der Waals surface area (Å²) in [6.07, 6.45) is -4.49. The van der Waals surface area contributed by atoms with Crippen molar-refractivity contribution in [3.63, 3.8) is 0 Å². The molecule has 0 spiro atoms. The fourth-order valence-electron chi connectivity index (χ4n) is 2.35. The zero-order valence-corrected chi connectivity index (χ0v) is 14.1. The lowest BCUT2D eigenvalue weighted by Crippen LogP contribution is -2.11. The van der Waals surface area contributed by atoms with E-state index in [-0.39, 0.29) is 16.7 Å². The van der Waals surface area contributed by atoms with Gasteiger partial charge in [-0.3, -0.25) is 0 Å². The van der Waals surface area contributed by atoms with Gasteiger partial charge in [-0.1, -0.05) is 45.0 Å².